The minimum atomic E-state index is -0.458. The number of nitrogens with one attached hydrogen (secondary N) is 1. The molecule has 0 aliphatic rings. The molecule has 7 heteroatoms. The summed E-state index contributed by atoms with van der Waals surface area (Å²) in [7, 11) is 1.62. The van der Waals surface area contributed by atoms with E-state index in [1.54, 1.807) is 13.3 Å². The molecule has 1 atom stereocenters. The molecule has 180 valence electrons. The molecule has 1 amide bonds. The van der Waals surface area contributed by atoms with Gasteiger partial charge in [-0.2, -0.15) is 5.26 Å². The fourth-order valence-electron chi connectivity index (χ4n) is 3.74. The second kappa shape index (κ2) is 11.5. The van der Waals surface area contributed by atoms with Gasteiger partial charge in [0.1, 0.15) is 22.7 Å². The average Bonchev–Trinajstić information content (AvgIpc) is 2.93. The van der Waals surface area contributed by atoms with Gasteiger partial charge in [-0.25, -0.2) is 9.97 Å². The van der Waals surface area contributed by atoms with E-state index in [0.29, 0.717) is 22.8 Å². The van der Waals surface area contributed by atoms with Gasteiger partial charge in [0, 0.05) is 17.3 Å². The number of thioether (sulfide) groups is 1. The maximum Gasteiger partial charge on any atom is 0.239 e. The number of anilines is 1. The van der Waals surface area contributed by atoms with E-state index in [4.69, 9.17) is 9.72 Å². The van der Waals surface area contributed by atoms with Crippen LogP contribution in [0.15, 0.2) is 84.0 Å². The monoisotopic (exact) mass is 494 g/mol. The summed E-state index contributed by atoms with van der Waals surface area (Å²) in [5.74, 6) is 1.09. The van der Waals surface area contributed by atoms with Crippen molar-refractivity contribution in [2.45, 2.75) is 30.5 Å². The van der Waals surface area contributed by atoms with Gasteiger partial charge < -0.3 is 10.1 Å². The van der Waals surface area contributed by atoms with E-state index < -0.39 is 5.25 Å². The normalized spacial score (nSPS) is 11.4. The number of aromatic nitrogens is 2. The maximum absolute atomic E-state index is 13.2. The second-order valence-electron chi connectivity index (χ2n) is 8.11. The topological polar surface area (TPSA) is 87.9 Å². The highest BCUT2D eigenvalue weighted by Gasteiger charge is 2.24. The number of carbonyl (C=O) groups excluding carboxylic acids is 1. The van der Waals surface area contributed by atoms with Crippen molar-refractivity contribution in [3.63, 3.8) is 0 Å². The Morgan fingerprint density at radius 2 is 1.83 bits per heavy atom. The predicted octanol–water partition coefficient (Wildman–Crippen LogP) is 6.51. The standard InChI is InChI=1S/C29H26N4O2S/c1-4-26(28(34)33-27-19(2)9-8-16-31-27)36-29-24(18-30)23(20-12-14-22(35-3)15-13-20)17-25(32-29)21-10-6-5-7-11-21/h5-17,26H,4H2,1-3H3,(H,31,33,34). The van der Waals surface area contributed by atoms with Gasteiger partial charge in [-0.05, 0) is 48.7 Å². The highest BCUT2D eigenvalue weighted by atomic mass is 32.2. The molecular weight excluding hydrogens is 468 g/mol. The summed E-state index contributed by atoms with van der Waals surface area (Å²) < 4.78 is 5.30. The lowest BCUT2D eigenvalue weighted by Gasteiger charge is -2.18. The van der Waals surface area contributed by atoms with Crippen molar-refractivity contribution < 1.29 is 9.53 Å². The quantitative estimate of drug-likeness (QED) is 0.281. The first-order valence-electron chi connectivity index (χ1n) is 11.6. The van der Waals surface area contributed by atoms with Crippen molar-refractivity contribution in [2.75, 3.05) is 12.4 Å². The number of ether oxygens (including phenoxy) is 1. The summed E-state index contributed by atoms with van der Waals surface area (Å²) in [6.07, 6.45) is 2.21. The van der Waals surface area contributed by atoms with Crippen LogP contribution >= 0.6 is 11.8 Å². The average molecular weight is 495 g/mol. The fraction of sp³-hybridized carbons (Fsp3) is 0.172. The Morgan fingerprint density at radius 3 is 2.47 bits per heavy atom. The van der Waals surface area contributed by atoms with Gasteiger partial charge in [-0.3, -0.25) is 4.79 Å². The third-order valence-corrected chi connectivity index (χ3v) is 7.09. The Kier molecular flexibility index (Phi) is 7.99. The zero-order valence-corrected chi connectivity index (χ0v) is 21.2. The summed E-state index contributed by atoms with van der Waals surface area (Å²) in [6.45, 7) is 3.84. The molecule has 4 rings (SSSR count). The molecule has 0 saturated heterocycles. The number of hydrogen-bond acceptors (Lipinski definition) is 6. The highest BCUT2D eigenvalue weighted by molar-refractivity contribution is 8.00. The van der Waals surface area contributed by atoms with E-state index in [1.807, 2.05) is 86.6 Å². The SMILES string of the molecule is CCC(Sc1nc(-c2ccccc2)cc(-c2ccc(OC)cc2)c1C#N)C(=O)Nc1ncccc1C. The molecule has 36 heavy (non-hydrogen) atoms. The van der Waals surface area contributed by atoms with Gasteiger partial charge in [0.15, 0.2) is 0 Å². The van der Waals surface area contributed by atoms with Gasteiger partial charge in [0.2, 0.25) is 5.91 Å². The first-order chi connectivity index (χ1) is 17.5. The van der Waals surface area contributed by atoms with Crippen LogP contribution in [0, 0.1) is 18.3 Å². The predicted molar refractivity (Wildman–Crippen MR) is 144 cm³/mol. The van der Waals surface area contributed by atoms with Crippen LogP contribution in [-0.4, -0.2) is 28.2 Å². The Hall–Kier alpha value is -4.15. The Balaban J connectivity index is 1.76. The molecule has 0 bridgehead atoms. The maximum atomic E-state index is 13.2. The van der Waals surface area contributed by atoms with Gasteiger partial charge in [-0.15, -0.1) is 0 Å². The van der Waals surface area contributed by atoms with Crippen molar-refractivity contribution in [1.82, 2.24) is 9.97 Å². The number of nitriles is 1. The van der Waals surface area contributed by atoms with E-state index in [0.717, 1.165) is 33.7 Å². The molecule has 4 aromatic rings. The van der Waals surface area contributed by atoms with Crippen molar-refractivity contribution in [1.29, 1.82) is 5.26 Å². The number of pyridine rings is 2. The summed E-state index contributed by atoms with van der Waals surface area (Å²) in [6, 6.07) is 25.4. The van der Waals surface area contributed by atoms with Crippen molar-refractivity contribution in [3.05, 3.63) is 90.1 Å². The van der Waals surface area contributed by atoms with Crippen LogP contribution in [-0.2, 0) is 4.79 Å². The van der Waals surface area contributed by atoms with Gasteiger partial charge >= 0.3 is 0 Å². The Labute approximate surface area is 215 Å². The molecule has 0 saturated carbocycles. The molecular formula is C29H26N4O2S. The van der Waals surface area contributed by atoms with Crippen molar-refractivity contribution in [3.8, 4) is 34.2 Å². The van der Waals surface area contributed by atoms with Crippen LogP contribution < -0.4 is 10.1 Å². The lowest BCUT2D eigenvalue weighted by atomic mass is 9.99. The molecule has 0 fully saturated rings. The number of carbonyl (C=O) groups is 1. The fourth-order valence-corrected chi connectivity index (χ4v) is 4.77. The third-order valence-electron chi connectivity index (χ3n) is 5.74. The molecule has 2 aromatic heterocycles. The van der Waals surface area contributed by atoms with Crippen LogP contribution in [0.4, 0.5) is 5.82 Å². The van der Waals surface area contributed by atoms with E-state index in [2.05, 4.69) is 16.4 Å². The minimum Gasteiger partial charge on any atom is -0.497 e. The smallest absolute Gasteiger partial charge is 0.239 e. The molecule has 1 N–H and O–H groups in total. The molecule has 0 aliphatic carbocycles. The summed E-state index contributed by atoms with van der Waals surface area (Å²) >= 11 is 1.30. The molecule has 0 radical (unpaired) electrons. The van der Waals surface area contributed by atoms with Crippen molar-refractivity contribution in [2.24, 2.45) is 0 Å². The number of methoxy groups -OCH3 is 1. The van der Waals surface area contributed by atoms with Gasteiger partial charge in [-0.1, -0.05) is 67.2 Å². The summed E-state index contributed by atoms with van der Waals surface area (Å²) in [4.78, 5) is 22.3. The number of hydrogen-bond donors (Lipinski definition) is 1. The van der Waals surface area contributed by atoms with E-state index >= 15 is 0 Å². The van der Waals surface area contributed by atoms with Crippen LogP contribution in [0.5, 0.6) is 5.75 Å². The zero-order chi connectivity index (χ0) is 25.5. The number of amides is 1. The first-order valence-corrected chi connectivity index (χ1v) is 12.5. The lowest BCUT2D eigenvalue weighted by Crippen LogP contribution is -2.25. The van der Waals surface area contributed by atoms with Crippen molar-refractivity contribution >= 4 is 23.5 Å². The number of nitrogens with zero attached hydrogens (tertiary/aromatic N) is 3. The summed E-state index contributed by atoms with van der Waals surface area (Å²) in [5, 5.41) is 13.2. The number of rotatable bonds is 8. The molecule has 0 aliphatic heterocycles. The Morgan fingerprint density at radius 1 is 1.08 bits per heavy atom. The largest absolute Gasteiger partial charge is 0.497 e. The molecule has 2 heterocycles. The van der Waals surface area contributed by atoms with E-state index in [1.165, 1.54) is 11.8 Å². The number of aryl methyl sites for hydroxylation is 1. The molecule has 2 aromatic carbocycles. The Bertz CT molecular complexity index is 1400. The zero-order valence-electron chi connectivity index (χ0n) is 20.4. The number of benzene rings is 2. The lowest BCUT2D eigenvalue weighted by molar-refractivity contribution is -0.115. The molecule has 1 unspecified atom stereocenters. The van der Waals surface area contributed by atoms with Crippen LogP contribution in [0.3, 0.4) is 0 Å². The summed E-state index contributed by atoms with van der Waals surface area (Å²) in [5.41, 5.74) is 4.61. The highest BCUT2D eigenvalue weighted by Crippen LogP contribution is 2.37. The molecule has 0 spiro atoms. The van der Waals surface area contributed by atoms with Crippen LogP contribution in [0.1, 0.15) is 24.5 Å². The van der Waals surface area contributed by atoms with Crippen LogP contribution in [0.25, 0.3) is 22.4 Å². The minimum absolute atomic E-state index is 0.175. The van der Waals surface area contributed by atoms with E-state index in [9.17, 15) is 10.1 Å². The first kappa shape index (κ1) is 25.0. The third kappa shape index (κ3) is 5.56. The van der Waals surface area contributed by atoms with Gasteiger partial charge in [0.25, 0.3) is 0 Å². The van der Waals surface area contributed by atoms with E-state index in [-0.39, 0.29) is 5.91 Å². The molecule has 6 nitrogen and oxygen atoms in total. The van der Waals surface area contributed by atoms with Gasteiger partial charge in [0.05, 0.1) is 23.6 Å². The van der Waals surface area contributed by atoms with Crippen LogP contribution in [0.2, 0.25) is 0 Å². The second-order valence-corrected chi connectivity index (χ2v) is 9.31.